The van der Waals surface area contributed by atoms with Gasteiger partial charge in [0.15, 0.2) is 11.5 Å². The zero-order chi connectivity index (χ0) is 24.4. The number of hydrogen-bond acceptors (Lipinski definition) is 6. The Labute approximate surface area is 208 Å². The summed E-state index contributed by atoms with van der Waals surface area (Å²) >= 11 is 6.07. The maximum Gasteiger partial charge on any atom is 0.258 e. The molecule has 0 fully saturated rings. The van der Waals surface area contributed by atoms with Crippen LogP contribution in [0.4, 0.5) is 5.69 Å². The summed E-state index contributed by atoms with van der Waals surface area (Å²) in [6.45, 7) is 4.78. The molecular formula is C27H26ClN3O4. The fourth-order valence-corrected chi connectivity index (χ4v) is 4.50. The maximum atomic E-state index is 12.7. The molecule has 0 aliphatic carbocycles. The van der Waals surface area contributed by atoms with Crippen molar-refractivity contribution in [1.29, 1.82) is 0 Å². The van der Waals surface area contributed by atoms with Crippen LogP contribution in [0.1, 0.15) is 27.2 Å². The van der Waals surface area contributed by atoms with Crippen molar-refractivity contribution in [3.05, 3.63) is 82.3 Å². The Kier molecular flexibility index (Phi) is 6.61. The number of carbonyl (C=O) groups excluding carboxylic acids is 1. The number of likely N-dealkylation sites (N-methyl/N-ethyl adjacent to an activating group) is 1. The van der Waals surface area contributed by atoms with Crippen LogP contribution in [0.3, 0.4) is 0 Å². The van der Waals surface area contributed by atoms with E-state index in [2.05, 4.69) is 28.3 Å². The van der Waals surface area contributed by atoms with Gasteiger partial charge in [-0.3, -0.25) is 4.79 Å². The van der Waals surface area contributed by atoms with Crippen molar-refractivity contribution in [3.8, 4) is 11.5 Å². The van der Waals surface area contributed by atoms with Crippen LogP contribution in [0.25, 0.3) is 11.0 Å². The standard InChI is InChI=1S/C27H26ClN3O4/c1-17-20(9-11-31(2)16-18-5-7-24-25(14-18)34-13-12-33-24)22-15-19(6-8-23(22)35-17)30-27(32)21-4-3-10-29-26(21)28/h3-8,10,14-15H,9,11-13,16H2,1-2H3,(H,30,32). The summed E-state index contributed by atoms with van der Waals surface area (Å²) in [6, 6.07) is 15.1. The van der Waals surface area contributed by atoms with E-state index in [0.29, 0.717) is 24.5 Å². The zero-order valence-corrected chi connectivity index (χ0v) is 20.4. The van der Waals surface area contributed by atoms with E-state index in [4.69, 9.17) is 25.5 Å². The fourth-order valence-electron chi connectivity index (χ4n) is 4.29. The minimum atomic E-state index is -0.302. The van der Waals surface area contributed by atoms with Crippen molar-refractivity contribution in [1.82, 2.24) is 9.88 Å². The Bertz CT molecular complexity index is 1380. The fraction of sp³-hybridized carbons (Fsp3) is 0.259. The van der Waals surface area contributed by atoms with E-state index in [1.54, 1.807) is 18.3 Å². The lowest BCUT2D eigenvalue weighted by Gasteiger charge is -2.21. The summed E-state index contributed by atoms with van der Waals surface area (Å²) in [5, 5.41) is 4.08. The van der Waals surface area contributed by atoms with Gasteiger partial charge in [0.25, 0.3) is 5.91 Å². The predicted octanol–water partition coefficient (Wildman–Crippen LogP) is 5.49. The number of nitrogens with zero attached hydrogens (tertiary/aromatic N) is 2. The van der Waals surface area contributed by atoms with Gasteiger partial charge in [0.2, 0.25) is 0 Å². The third-order valence-corrected chi connectivity index (χ3v) is 6.36. The molecule has 2 aromatic carbocycles. The van der Waals surface area contributed by atoms with Gasteiger partial charge in [0.1, 0.15) is 29.7 Å². The summed E-state index contributed by atoms with van der Waals surface area (Å²) in [4.78, 5) is 18.9. The molecule has 0 atom stereocenters. The van der Waals surface area contributed by atoms with Crippen molar-refractivity contribution in [2.75, 3.05) is 32.1 Å². The monoisotopic (exact) mass is 491 g/mol. The van der Waals surface area contributed by atoms with Crippen LogP contribution in [0.2, 0.25) is 5.15 Å². The number of pyridine rings is 1. The van der Waals surface area contributed by atoms with E-state index in [-0.39, 0.29) is 11.1 Å². The van der Waals surface area contributed by atoms with Crippen molar-refractivity contribution >= 4 is 34.2 Å². The molecule has 0 saturated heterocycles. The van der Waals surface area contributed by atoms with Crippen LogP contribution < -0.4 is 14.8 Å². The maximum absolute atomic E-state index is 12.7. The largest absolute Gasteiger partial charge is 0.486 e. The van der Waals surface area contributed by atoms with Gasteiger partial charge in [-0.2, -0.15) is 0 Å². The van der Waals surface area contributed by atoms with E-state index in [9.17, 15) is 4.79 Å². The number of furan rings is 1. The Balaban J connectivity index is 1.28. The molecule has 3 heterocycles. The number of fused-ring (bicyclic) bond motifs is 2. The number of benzene rings is 2. The van der Waals surface area contributed by atoms with Gasteiger partial charge in [-0.15, -0.1) is 0 Å². The molecule has 0 radical (unpaired) electrons. The molecule has 0 bridgehead atoms. The van der Waals surface area contributed by atoms with E-state index in [0.717, 1.165) is 53.3 Å². The number of hydrogen-bond donors (Lipinski definition) is 1. The van der Waals surface area contributed by atoms with E-state index in [1.807, 2.05) is 37.3 Å². The molecule has 8 heteroatoms. The first-order chi connectivity index (χ1) is 17.0. The molecule has 180 valence electrons. The predicted molar refractivity (Wildman–Crippen MR) is 136 cm³/mol. The second kappa shape index (κ2) is 9.98. The zero-order valence-electron chi connectivity index (χ0n) is 19.6. The highest BCUT2D eigenvalue weighted by molar-refractivity contribution is 6.33. The lowest BCUT2D eigenvalue weighted by Crippen LogP contribution is -2.21. The lowest BCUT2D eigenvalue weighted by atomic mass is 10.1. The molecule has 1 N–H and O–H groups in total. The number of halogens is 1. The van der Waals surface area contributed by atoms with Crippen LogP contribution >= 0.6 is 11.6 Å². The molecule has 2 aromatic heterocycles. The molecule has 0 unspecified atom stereocenters. The van der Waals surface area contributed by atoms with Crippen LogP contribution in [-0.4, -0.2) is 42.6 Å². The van der Waals surface area contributed by atoms with Crippen molar-refractivity contribution in [3.63, 3.8) is 0 Å². The van der Waals surface area contributed by atoms with Gasteiger partial charge >= 0.3 is 0 Å². The van der Waals surface area contributed by atoms with Gasteiger partial charge in [0, 0.05) is 35.9 Å². The molecule has 7 nitrogen and oxygen atoms in total. The summed E-state index contributed by atoms with van der Waals surface area (Å²) in [5.74, 6) is 2.19. The molecule has 35 heavy (non-hydrogen) atoms. The first kappa shape index (κ1) is 23.2. The topological polar surface area (TPSA) is 76.8 Å². The van der Waals surface area contributed by atoms with E-state index in [1.165, 1.54) is 5.56 Å². The van der Waals surface area contributed by atoms with Gasteiger partial charge in [-0.05, 0) is 68.4 Å². The van der Waals surface area contributed by atoms with Gasteiger partial charge in [-0.25, -0.2) is 4.98 Å². The third-order valence-electron chi connectivity index (χ3n) is 6.06. The normalized spacial score (nSPS) is 12.8. The second-order valence-electron chi connectivity index (χ2n) is 8.61. The van der Waals surface area contributed by atoms with Crippen LogP contribution in [0.15, 0.2) is 59.1 Å². The van der Waals surface area contributed by atoms with Gasteiger partial charge in [0.05, 0.1) is 5.56 Å². The number of ether oxygens (including phenoxy) is 2. The molecular weight excluding hydrogens is 466 g/mol. The molecule has 0 saturated carbocycles. The first-order valence-electron chi connectivity index (χ1n) is 11.5. The average molecular weight is 492 g/mol. The Hall–Kier alpha value is -3.55. The lowest BCUT2D eigenvalue weighted by molar-refractivity contribution is 0.102. The molecule has 1 aliphatic heterocycles. The van der Waals surface area contributed by atoms with Crippen LogP contribution in [0.5, 0.6) is 11.5 Å². The van der Waals surface area contributed by atoms with Crippen molar-refractivity contribution in [2.45, 2.75) is 19.9 Å². The Morgan fingerprint density at radius 3 is 2.77 bits per heavy atom. The number of aromatic nitrogens is 1. The average Bonchev–Trinajstić information content (AvgIpc) is 3.17. The van der Waals surface area contributed by atoms with Gasteiger partial charge in [-0.1, -0.05) is 17.7 Å². The summed E-state index contributed by atoms with van der Waals surface area (Å²) < 4.78 is 17.3. The third kappa shape index (κ3) is 5.11. The molecule has 1 aliphatic rings. The molecule has 5 rings (SSSR count). The minimum absolute atomic E-state index is 0.173. The smallest absolute Gasteiger partial charge is 0.258 e. The number of carbonyl (C=O) groups is 1. The van der Waals surface area contributed by atoms with Crippen molar-refractivity contribution < 1.29 is 18.7 Å². The van der Waals surface area contributed by atoms with Gasteiger partial charge < -0.3 is 24.1 Å². The minimum Gasteiger partial charge on any atom is -0.486 e. The summed E-state index contributed by atoms with van der Waals surface area (Å²) in [5.41, 5.74) is 4.10. The number of nitrogens with one attached hydrogen (secondary N) is 1. The molecule has 4 aromatic rings. The summed E-state index contributed by atoms with van der Waals surface area (Å²) in [6.07, 6.45) is 2.36. The summed E-state index contributed by atoms with van der Waals surface area (Å²) in [7, 11) is 2.09. The SMILES string of the molecule is Cc1oc2ccc(NC(=O)c3cccnc3Cl)cc2c1CCN(C)Cc1ccc2c(c1)OCCO2. The number of aryl methyl sites for hydroxylation is 1. The van der Waals surface area contributed by atoms with Crippen LogP contribution in [0, 0.1) is 6.92 Å². The number of amides is 1. The molecule has 1 amide bonds. The van der Waals surface area contributed by atoms with Crippen LogP contribution in [-0.2, 0) is 13.0 Å². The second-order valence-corrected chi connectivity index (χ2v) is 8.97. The molecule has 0 spiro atoms. The van der Waals surface area contributed by atoms with Crippen molar-refractivity contribution in [2.24, 2.45) is 0 Å². The van der Waals surface area contributed by atoms with E-state index < -0.39 is 0 Å². The Morgan fingerprint density at radius 2 is 1.94 bits per heavy atom. The first-order valence-corrected chi connectivity index (χ1v) is 11.9. The number of anilines is 1. The highest BCUT2D eigenvalue weighted by Gasteiger charge is 2.16. The quantitative estimate of drug-likeness (QED) is 0.344. The highest BCUT2D eigenvalue weighted by Crippen LogP contribution is 2.32. The van der Waals surface area contributed by atoms with E-state index >= 15 is 0 Å². The highest BCUT2D eigenvalue weighted by atomic mass is 35.5. The number of rotatable bonds is 7. The Morgan fingerprint density at radius 1 is 1.11 bits per heavy atom.